The molecule has 0 aliphatic heterocycles. The van der Waals surface area contributed by atoms with E-state index in [9.17, 15) is 12.8 Å². The molecule has 3 rings (SSSR count). The highest BCUT2D eigenvalue weighted by Crippen LogP contribution is 2.46. The summed E-state index contributed by atoms with van der Waals surface area (Å²) in [7, 11) is -3.56. The monoisotopic (exact) mass is 291 g/mol. The van der Waals surface area contributed by atoms with Gasteiger partial charge in [0.25, 0.3) is 0 Å². The molecule has 1 N–H and O–H groups in total. The van der Waals surface area contributed by atoms with Gasteiger partial charge in [0.1, 0.15) is 5.82 Å². The van der Waals surface area contributed by atoms with Gasteiger partial charge in [0.05, 0.1) is 10.4 Å². The zero-order chi connectivity index (χ0) is 14.2. The molecule has 1 fully saturated rings. The van der Waals surface area contributed by atoms with Crippen LogP contribution >= 0.6 is 0 Å². The summed E-state index contributed by atoms with van der Waals surface area (Å²) < 4.78 is 40.4. The van der Waals surface area contributed by atoms with Gasteiger partial charge in [-0.25, -0.2) is 17.5 Å². The van der Waals surface area contributed by atoms with E-state index in [0.717, 1.165) is 18.4 Å². The van der Waals surface area contributed by atoms with E-state index in [4.69, 9.17) is 0 Å². The minimum absolute atomic E-state index is 0.244. The van der Waals surface area contributed by atoms with Gasteiger partial charge in [0, 0.05) is 0 Å². The summed E-state index contributed by atoms with van der Waals surface area (Å²) in [6.07, 6.45) is 1.45. The van der Waals surface area contributed by atoms with Gasteiger partial charge in [-0.3, -0.25) is 0 Å². The van der Waals surface area contributed by atoms with Gasteiger partial charge in [0.15, 0.2) is 0 Å². The van der Waals surface area contributed by atoms with Gasteiger partial charge in [-0.05, 0) is 42.7 Å². The van der Waals surface area contributed by atoms with Gasteiger partial charge in [-0.2, -0.15) is 0 Å². The fourth-order valence-electron chi connectivity index (χ4n) is 2.26. The Labute approximate surface area is 117 Å². The molecule has 0 bridgehead atoms. The average Bonchev–Trinajstić information content (AvgIpc) is 3.20. The Balaban J connectivity index is 1.89. The highest BCUT2D eigenvalue weighted by Gasteiger charge is 2.47. The summed E-state index contributed by atoms with van der Waals surface area (Å²) in [6.45, 7) is 0. The second-order valence-corrected chi connectivity index (χ2v) is 6.69. The average molecular weight is 291 g/mol. The summed E-state index contributed by atoms with van der Waals surface area (Å²) in [4.78, 5) is 0.244. The molecule has 1 saturated carbocycles. The molecule has 0 heterocycles. The Morgan fingerprint density at radius 3 is 2.10 bits per heavy atom. The molecule has 0 aromatic heterocycles. The van der Waals surface area contributed by atoms with Crippen LogP contribution in [-0.4, -0.2) is 8.42 Å². The predicted octanol–water partition coefficient (Wildman–Crippen LogP) is 2.79. The number of sulfonamides is 1. The molecule has 1 aliphatic carbocycles. The molecule has 20 heavy (non-hydrogen) atoms. The standard InChI is InChI=1S/C15H14FNO2S/c16-13-8-6-12(7-9-13)15(10-11-15)17-20(18,19)14-4-2-1-3-5-14/h1-9,17H,10-11H2. The van der Waals surface area contributed by atoms with Crippen molar-refractivity contribution in [1.29, 1.82) is 0 Å². The lowest BCUT2D eigenvalue weighted by Crippen LogP contribution is -2.34. The van der Waals surface area contributed by atoms with Crippen molar-refractivity contribution in [3.05, 3.63) is 66.0 Å². The molecule has 0 saturated heterocycles. The van der Waals surface area contributed by atoms with Crippen LogP contribution in [0.15, 0.2) is 59.5 Å². The molecule has 0 unspecified atom stereocenters. The molecule has 2 aromatic carbocycles. The van der Waals surface area contributed by atoms with Crippen LogP contribution in [0.4, 0.5) is 4.39 Å². The van der Waals surface area contributed by atoms with Gasteiger partial charge < -0.3 is 0 Å². The summed E-state index contributed by atoms with van der Waals surface area (Å²) in [5.41, 5.74) is 0.223. The van der Waals surface area contributed by atoms with E-state index >= 15 is 0 Å². The molecule has 104 valence electrons. The number of nitrogens with one attached hydrogen (secondary N) is 1. The van der Waals surface area contributed by atoms with Crippen molar-refractivity contribution < 1.29 is 12.8 Å². The number of benzene rings is 2. The topological polar surface area (TPSA) is 46.2 Å². The molecule has 0 amide bonds. The van der Waals surface area contributed by atoms with E-state index in [-0.39, 0.29) is 10.7 Å². The molecule has 5 heteroatoms. The first-order valence-corrected chi connectivity index (χ1v) is 7.85. The van der Waals surface area contributed by atoms with Gasteiger partial charge >= 0.3 is 0 Å². The molecule has 2 aromatic rings. The first-order valence-electron chi connectivity index (χ1n) is 6.37. The second kappa shape index (κ2) is 4.68. The Morgan fingerprint density at radius 2 is 1.55 bits per heavy atom. The lowest BCUT2D eigenvalue weighted by atomic mass is 10.1. The van der Waals surface area contributed by atoms with Crippen LogP contribution in [0.1, 0.15) is 18.4 Å². The molecular formula is C15H14FNO2S. The number of hydrogen-bond acceptors (Lipinski definition) is 2. The summed E-state index contributed by atoms with van der Waals surface area (Å²) >= 11 is 0. The van der Waals surface area contributed by atoms with Crippen molar-refractivity contribution in [3.8, 4) is 0 Å². The Bertz CT molecular complexity index is 707. The minimum atomic E-state index is -3.56. The molecule has 3 nitrogen and oxygen atoms in total. The lowest BCUT2D eigenvalue weighted by molar-refractivity contribution is 0.551. The van der Waals surface area contributed by atoms with Gasteiger partial charge in [-0.15, -0.1) is 0 Å². The predicted molar refractivity (Wildman–Crippen MR) is 74.1 cm³/mol. The molecule has 1 aliphatic rings. The third-order valence-corrected chi connectivity index (χ3v) is 5.08. The number of hydrogen-bond donors (Lipinski definition) is 1. The van der Waals surface area contributed by atoms with Crippen LogP contribution in [0.5, 0.6) is 0 Å². The van der Waals surface area contributed by atoms with Crippen LogP contribution in [0, 0.1) is 5.82 Å². The van der Waals surface area contributed by atoms with E-state index in [1.807, 2.05) is 0 Å². The van der Waals surface area contributed by atoms with Crippen molar-refractivity contribution >= 4 is 10.0 Å². The highest BCUT2D eigenvalue weighted by atomic mass is 32.2. The van der Waals surface area contributed by atoms with Crippen molar-refractivity contribution in [3.63, 3.8) is 0 Å². The summed E-state index contributed by atoms with van der Waals surface area (Å²) in [5, 5.41) is 0. The highest BCUT2D eigenvalue weighted by molar-refractivity contribution is 7.89. The van der Waals surface area contributed by atoms with Crippen LogP contribution in [0.25, 0.3) is 0 Å². The Hall–Kier alpha value is -1.72. The normalized spacial score (nSPS) is 16.9. The lowest BCUT2D eigenvalue weighted by Gasteiger charge is -2.18. The Morgan fingerprint density at radius 1 is 0.950 bits per heavy atom. The first kappa shape index (κ1) is 13.3. The fraction of sp³-hybridized carbons (Fsp3) is 0.200. The van der Waals surface area contributed by atoms with Crippen molar-refractivity contribution in [1.82, 2.24) is 4.72 Å². The second-order valence-electron chi connectivity index (χ2n) is 5.01. The van der Waals surface area contributed by atoms with E-state index in [0.29, 0.717) is 0 Å². The van der Waals surface area contributed by atoms with E-state index < -0.39 is 15.6 Å². The van der Waals surface area contributed by atoms with Gasteiger partial charge in [-0.1, -0.05) is 30.3 Å². The fourth-order valence-corrected chi connectivity index (χ4v) is 3.73. The van der Waals surface area contributed by atoms with Crippen LogP contribution in [0.3, 0.4) is 0 Å². The maximum Gasteiger partial charge on any atom is 0.241 e. The summed E-state index contributed by atoms with van der Waals surface area (Å²) in [6, 6.07) is 14.2. The maximum absolute atomic E-state index is 13.0. The third kappa shape index (κ3) is 2.46. The minimum Gasteiger partial charge on any atom is -0.207 e. The SMILES string of the molecule is O=S(=O)(NC1(c2ccc(F)cc2)CC1)c1ccccc1. The number of halogens is 1. The molecule has 0 atom stereocenters. The van der Waals surface area contributed by atoms with E-state index in [2.05, 4.69) is 4.72 Å². The van der Waals surface area contributed by atoms with Crippen LogP contribution in [-0.2, 0) is 15.6 Å². The van der Waals surface area contributed by atoms with Gasteiger partial charge in [0.2, 0.25) is 10.0 Å². The first-order chi connectivity index (χ1) is 9.52. The summed E-state index contributed by atoms with van der Waals surface area (Å²) in [5.74, 6) is -0.324. The van der Waals surface area contributed by atoms with Crippen molar-refractivity contribution in [2.24, 2.45) is 0 Å². The number of rotatable bonds is 4. The van der Waals surface area contributed by atoms with Crippen LogP contribution in [0.2, 0.25) is 0 Å². The smallest absolute Gasteiger partial charge is 0.207 e. The van der Waals surface area contributed by atoms with Crippen molar-refractivity contribution in [2.75, 3.05) is 0 Å². The third-order valence-electron chi connectivity index (χ3n) is 3.53. The maximum atomic E-state index is 13.0. The molecule has 0 radical (unpaired) electrons. The van der Waals surface area contributed by atoms with Crippen LogP contribution < -0.4 is 4.72 Å². The zero-order valence-corrected chi connectivity index (χ0v) is 11.5. The quantitative estimate of drug-likeness (QED) is 0.941. The van der Waals surface area contributed by atoms with E-state index in [1.54, 1.807) is 42.5 Å². The Kier molecular flexibility index (Phi) is 3.11. The molecule has 0 spiro atoms. The van der Waals surface area contributed by atoms with Crippen molar-refractivity contribution in [2.45, 2.75) is 23.3 Å². The zero-order valence-electron chi connectivity index (χ0n) is 10.7. The largest absolute Gasteiger partial charge is 0.241 e. The molecular weight excluding hydrogens is 277 g/mol. The van der Waals surface area contributed by atoms with E-state index in [1.165, 1.54) is 12.1 Å².